The molecular formula is C22H25BFNO3S. The number of hydrogen-bond acceptors (Lipinski definition) is 4. The second-order valence-corrected chi connectivity index (χ2v) is 10.5. The monoisotopic (exact) mass is 413 g/mol. The smallest absolute Gasteiger partial charge is 0.399 e. The molecule has 0 unspecified atom stereocenters. The summed E-state index contributed by atoms with van der Waals surface area (Å²) in [5.74, 6) is 0.345. The molecule has 0 spiro atoms. The van der Waals surface area contributed by atoms with Crippen LogP contribution in [0.2, 0.25) is 0 Å². The number of thiophene rings is 1. The Morgan fingerprint density at radius 2 is 1.86 bits per heavy atom. The summed E-state index contributed by atoms with van der Waals surface area (Å²) < 4.78 is 26.9. The summed E-state index contributed by atoms with van der Waals surface area (Å²) in [4.78, 5) is 16.7. The van der Waals surface area contributed by atoms with Gasteiger partial charge in [0.2, 0.25) is 0 Å². The molecule has 1 amide bonds. The first-order valence-corrected chi connectivity index (χ1v) is 11.0. The van der Waals surface area contributed by atoms with E-state index in [9.17, 15) is 9.18 Å². The van der Waals surface area contributed by atoms with Crippen LogP contribution in [0.1, 0.15) is 72.1 Å². The summed E-state index contributed by atoms with van der Waals surface area (Å²) in [6.45, 7) is 8.74. The lowest BCUT2D eigenvalue weighted by atomic mass is 9.78. The van der Waals surface area contributed by atoms with Gasteiger partial charge in [0.25, 0.3) is 5.91 Å². The van der Waals surface area contributed by atoms with Gasteiger partial charge in [0.1, 0.15) is 5.82 Å². The molecule has 2 aliphatic heterocycles. The molecule has 29 heavy (non-hydrogen) atoms. The van der Waals surface area contributed by atoms with Crippen LogP contribution < -0.4 is 5.46 Å². The Kier molecular flexibility index (Phi) is 4.25. The largest absolute Gasteiger partial charge is 0.494 e. The molecule has 0 bridgehead atoms. The maximum Gasteiger partial charge on any atom is 0.494 e. The zero-order valence-corrected chi connectivity index (χ0v) is 18.1. The van der Waals surface area contributed by atoms with E-state index in [1.54, 1.807) is 22.3 Å². The van der Waals surface area contributed by atoms with Crippen LogP contribution in [0.25, 0.3) is 0 Å². The predicted octanol–water partition coefficient (Wildman–Crippen LogP) is 4.22. The van der Waals surface area contributed by atoms with Crippen molar-refractivity contribution >= 4 is 29.8 Å². The average Bonchev–Trinajstić information content (AvgIpc) is 3.28. The molecule has 1 aromatic carbocycles. The molecule has 5 rings (SSSR count). The van der Waals surface area contributed by atoms with Gasteiger partial charge >= 0.3 is 7.12 Å². The van der Waals surface area contributed by atoms with Gasteiger partial charge in [0, 0.05) is 23.5 Å². The lowest BCUT2D eigenvalue weighted by Gasteiger charge is -2.32. The van der Waals surface area contributed by atoms with E-state index in [1.165, 1.54) is 23.8 Å². The summed E-state index contributed by atoms with van der Waals surface area (Å²) in [6, 6.07) is 7.22. The van der Waals surface area contributed by atoms with E-state index in [1.807, 2.05) is 33.8 Å². The molecule has 1 aromatic heterocycles. The third kappa shape index (κ3) is 3.24. The summed E-state index contributed by atoms with van der Waals surface area (Å²) in [5, 5.41) is 0. The molecule has 4 nitrogen and oxygen atoms in total. The summed E-state index contributed by atoms with van der Waals surface area (Å²) in [6.07, 6.45) is 2.47. The van der Waals surface area contributed by atoms with Crippen LogP contribution in [0.3, 0.4) is 0 Å². The van der Waals surface area contributed by atoms with Crippen molar-refractivity contribution in [3.63, 3.8) is 0 Å². The quantitative estimate of drug-likeness (QED) is 0.705. The van der Waals surface area contributed by atoms with Gasteiger partial charge in [0.05, 0.1) is 16.1 Å². The number of benzene rings is 1. The number of halogens is 1. The number of fused-ring (bicyclic) bond motifs is 1. The molecule has 1 aliphatic carbocycles. The van der Waals surface area contributed by atoms with Crippen LogP contribution in [0.4, 0.5) is 4.39 Å². The fourth-order valence-corrected chi connectivity index (χ4v) is 5.20. The van der Waals surface area contributed by atoms with Crippen LogP contribution in [0.15, 0.2) is 24.3 Å². The van der Waals surface area contributed by atoms with Crippen molar-refractivity contribution in [2.45, 2.75) is 70.7 Å². The molecule has 2 fully saturated rings. The number of nitrogens with zero attached hydrogens (tertiary/aromatic N) is 1. The number of amides is 1. The zero-order valence-electron chi connectivity index (χ0n) is 17.3. The maximum atomic E-state index is 14.9. The highest BCUT2D eigenvalue weighted by Crippen LogP contribution is 2.46. The Hall–Kier alpha value is -1.70. The van der Waals surface area contributed by atoms with Gasteiger partial charge < -0.3 is 14.2 Å². The molecule has 0 N–H and O–H groups in total. The Labute approximate surface area is 175 Å². The highest BCUT2D eigenvalue weighted by molar-refractivity contribution is 7.14. The molecule has 0 radical (unpaired) electrons. The van der Waals surface area contributed by atoms with E-state index in [4.69, 9.17) is 9.31 Å². The van der Waals surface area contributed by atoms with Gasteiger partial charge in [-0.2, -0.15) is 0 Å². The molecule has 1 saturated carbocycles. The van der Waals surface area contributed by atoms with Crippen molar-refractivity contribution in [2.75, 3.05) is 0 Å². The first kappa shape index (κ1) is 19.3. The molecule has 3 heterocycles. The fourth-order valence-electron chi connectivity index (χ4n) is 3.89. The third-order valence-corrected chi connectivity index (χ3v) is 7.94. The van der Waals surface area contributed by atoms with Crippen LogP contribution >= 0.6 is 11.3 Å². The highest BCUT2D eigenvalue weighted by atomic mass is 32.1. The molecule has 1 saturated heterocycles. The molecule has 2 aromatic rings. The first-order chi connectivity index (χ1) is 13.6. The Morgan fingerprint density at radius 1 is 1.17 bits per heavy atom. The van der Waals surface area contributed by atoms with Crippen molar-refractivity contribution in [2.24, 2.45) is 0 Å². The Bertz CT molecular complexity index is 982. The third-order valence-electron chi connectivity index (χ3n) is 6.61. The molecule has 0 atom stereocenters. The summed E-state index contributed by atoms with van der Waals surface area (Å²) in [5.41, 5.74) is 1.33. The second-order valence-electron chi connectivity index (χ2n) is 9.38. The van der Waals surface area contributed by atoms with Gasteiger partial charge in [-0.1, -0.05) is 12.1 Å². The number of rotatable bonds is 4. The minimum absolute atomic E-state index is 0.0198. The summed E-state index contributed by atoms with van der Waals surface area (Å²) >= 11 is 1.62. The maximum absolute atomic E-state index is 14.9. The van der Waals surface area contributed by atoms with Gasteiger partial charge in [-0.25, -0.2) is 4.39 Å². The van der Waals surface area contributed by atoms with E-state index >= 15 is 0 Å². The standard InChI is InChI=1S/C22H25BFNO3S/c1-21(2)22(3,4)28-23(27-21)16-8-7-14(17(24)10-16)11-25-12-15-9-18(13-5-6-13)29-19(15)20(25)26/h7-10,13H,5-6,11-12H2,1-4H3. The predicted molar refractivity (Wildman–Crippen MR) is 112 cm³/mol. The van der Waals surface area contributed by atoms with Gasteiger partial charge in [-0.05, 0) is 69.6 Å². The van der Waals surface area contributed by atoms with E-state index < -0.39 is 18.3 Å². The van der Waals surface area contributed by atoms with E-state index in [-0.39, 0.29) is 18.3 Å². The van der Waals surface area contributed by atoms with E-state index in [0.29, 0.717) is 23.5 Å². The molecule has 152 valence electrons. The van der Waals surface area contributed by atoms with Gasteiger partial charge in [-0.3, -0.25) is 4.79 Å². The number of carbonyl (C=O) groups excluding carboxylic acids is 1. The molecular weight excluding hydrogens is 388 g/mol. The fraction of sp³-hybridized carbons (Fsp3) is 0.500. The topological polar surface area (TPSA) is 38.8 Å². The van der Waals surface area contributed by atoms with Crippen molar-refractivity contribution in [3.05, 3.63) is 51.0 Å². The SMILES string of the molecule is CC1(C)OB(c2ccc(CN3Cc4cc(C5CC5)sc4C3=O)c(F)c2)OC1(C)C. The second kappa shape index (κ2) is 6.40. The zero-order chi connectivity index (χ0) is 20.6. The average molecular weight is 413 g/mol. The van der Waals surface area contributed by atoms with Crippen molar-refractivity contribution in [1.29, 1.82) is 0 Å². The van der Waals surface area contributed by atoms with Crippen LogP contribution in [-0.2, 0) is 22.4 Å². The molecule has 7 heteroatoms. The van der Waals surface area contributed by atoms with E-state index in [2.05, 4.69) is 6.07 Å². The van der Waals surface area contributed by atoms with Crippen LogP contribution in [-0.4, -0.2) is 29.1 Å². The van der Waals surface area contributed by atoms with Gasteiger partial charge in [-0.15, -0.1) is 11.3 Å². The van der Waals surface area contributed by atoms with Crippen molar-refractivity contribution < 1.29 is 18.5 Å². The van der Waals surface area contributed by atoms with Gasteiger partial charge in [0.15, 0.2) is 0 Å². The lowest BCUT2D eigenvalue weighted by Crippen LogP contribution is -2.41. The Balaban J connectivity index is 1.30. The number of carbonyl (C=O) groups is 1. The lowest BCUT2D eigenvalue weighted by molar-refractivity contribution is 0.00578. The summed E-state index contributed by atoms with van der Waals surface area (Å²) in [7, 11) is -0.593. The first-order valence-electron chi connectivity index (χ1n) is 10.2. The highest BCUT2D eigenvalue weighted by Gasteiger charge is 2.51. The van der Waals surface area contributed by atoms with Crippen LogP contribution in [0.5, 0.6) is 0 Å². The van der Waals surface area contributed by atoms with Crippen molar-refractivity contribution in [1.82, 2.24) is 4.90 Å². The number of hydrogen-bond donors (Lipinski definition) is 0. The minimum Gasteiger partial charge on any atom is -0.399 e. The Morgan fingerprint density at radius 3 is 2.45 bits per heavy atom. The normalized spacial score (nSPS) is 22.4. The minimum atomic E-state index is -0.593. The molecule has 3 aliphatic rings. The van der Waals surface area contributed by atoms with Crippen LogP contribution in [0, 0.1) is 5.82 Å². The van der Waals surface area contributed by atoms with Crippen molar-refractivity contribution in [3.8, 4) is 0 Å². The van der Waals surface area contributed by atoms with E-state index in [0.717, 1.165) is 10.4 Å².